The Morgan fingerprint density at radius 3 is 2.60 bits per heavy atom. The van der Waals surface area contributed by atoms with Crippen LogP contribution in [0.1, 0.15) is 12.8 Å². The van der Waals surface area contributed by atoms with Gasteiger partial charge in [-0.25, -0.2) is 0 Å². The molecule has 1 fully saturated rings. The Bertz CT molecular complexity index is 160. The molecule has 58 valence electrons. The zero-order chi connectivity index (χ0) is 7.78. The van der Waals surface area contributed by atoms with Crippen LogP contribution in [-0.2, 0) is 4.79 Å². The van der Waals surface area contributed by atoms with Gasteiger partial charge in [0.1, 0.15) is 0 Å². The monoisotopic (exact) mass is 144 g/mol. The highest BCUT2D eigenvalue weighted by atomic mass is 16.3. The third-order valence-corrected chi connectivity index (χ3v) is 2.05. The van der Waals surface area contributed by atoms with Crippen LogP contribution in [0, 0.1) is 0 Å². The van der Waals surface area contributed by atoms with Crippen molar-refractivity contribution in [3.63, 3.8) is 0 Å². The minimum absolute atomic E-state index is 0.457. The van der Waals surface area contributed by atoms with Crippen LogP contribution in [0.2, 0.25) is 0 Å². The first-order chi connectivity index (χ1) is 4.57. The van der Waals surface area contributed by atoms with E-state index >= 15 is 0 Å². The number of nitrogens with two attached hydrogens (primary N) is 1. The lowest BCUT2D eigenvalue weighted by molar-refractivity contribution is -0.150. The van der Waals surface area contributed by atoms with Crippen LogP contribution in [0.15, 0.2) is 0 Å². The number of amides is 1. The van der Waals surface area contributed by atoms with E-state index in [1.54, 1.807) is 11.9 Å². The second-order valence-electron chi connectivity index (χ2n) is 2.71. The maximum Gasteiger partial charge on any atom is 0.264 e. The summed E-state index contributed by atoms with van der Waals surface area (Å²) in [6.45, 7) is 0.736. The molecule has 1 aliphatic heterocycles. The maximum atomic E-state index is 10.7. The Kier molecular flexibility index (Phi) is 1.66. The lowest BCUT2D eigenvalue weighted by Crippen LogP contribution is -2.52. The molecule has 3 N–H and O–H groups in total. The summed E-state index contributed by atoms with van der Waals surface area (Å²) < 4.78 is 0. The number of hydrogen-bond donors (Lipinski definition) is 2. The quantitative estimate of drug-likeness (QED) is 0.490. The number of hydrogen-bond acceptors (Lipinski definition) is 3. The van der Waals surface area contributed by atoms with Crippen molar-refractivity contribution in [2.75, 3.05) is 13.6 Å². The number of likely N-dealkylation sites (tertiary alicyclic amines) is 1. The van der Waals surface area contributed by atoms with Crippen molar-refractivity contribution in [1.82, 2.24) is 4.90 Å². The van der Waals surface area contributed by atoms with Crippen molar-refractivity contribution >= 4 is 5.91 Å². The average molecular weight is 144 g/mol. The van der Waals surface area contributed by atoms with Gasteiger partial charge in [-0.2, -0.15) is 0 Å². The van der Waals surface area contributed by atoms with Crippen molar-refractivity contribution in [1.29, 1.82) is 0 Å². The van der Waals surface area contributed by atoms with Gasteiger partial charge in [0.2, 0.25) is 0 Å². The summed E-state index contributed by atoms with van der Waals surface area (Å²) in [5, 5.41) is 9.49. The standard InChI is InChI=1S/C6H12N2O2/c1-8-4-2-3-6(8,10)5(7)9/h10H,2-4H2,1H3,(H2,7,9)/t6-/m1/s1. The first-order valence-corrected chi connectivity index (χ1v) is 3.31. The predicted octanol–water partition coefficient (Wildman–Crippen LogP) is -1.11. The van der Waals surface area contributed by atoms with Gasteiger partial charge in [0.15, 0.2) is 5.72 Å². The smallest absolute Gasteiger partial charge is 0.264 e. The van der Waals surface area contributed by atoms with Crippen LogP contribution in [0.4, 0.5) is 0 Å². The Hall–Kier alpha value is -0.610. The highest BCUT2D eigenvalue weighted by molar-refractivity contribution is 5.82. The third-order valence-electron chi connectivity index (χ3n) is 2.05. The molecule has 1 rings (SSSR count). The van der Waals surface area contributed by atoms with Gasteiger partial charge < -0.3 is 10.8 Å². The highest BCUT2D eigenvalue weighted by Gasteiger charge is 2.41. The SMILES string of the molecule is CN1CCC[C@@]1(O)C(N)=O. The van der Waals surface area contributed by atoms with E-state index in [-0.39, 0.29) is 0 Å². The van der Waals surface area contributed by atoms with E-state index in [0.717, 1.165) is 13.0 Å². The molecule has 0 unspecified atom stereocenters. The number of aliphatic hydroxyl groups is 1. The predicted molar refractivity (Wildman–Crippen MR) is 36.0 cm³/mol. The van der Waals surface area contributed by atoms with Crippen molar-refractivity contribution in [3.8, 4) is 0 Å². The molecule has 1 heterocycles. The van der Waals surface area contributed by atoms with Crippen LogP contribution in [0.5, 0.6) is 0 Å². The van der Waals surface area contributed by atoms with E-state index in [4.69, 9.17) is 5.73 Å². The van der Waals surface area contributed by atoms with Gasteiger partial charge in [-0.1, -0.05) is 0 Å². The van der Waals surface area contributed by atoms with Crippen LogP contribution < -0.4 is 5.73 Å². The molecule has 0 aromatic rings. The second-order valence-corrected chi connectivity index (χ2v) is 2.71. The fourth-order valence-corrected chi connectivity index (χ4v) is 1.25. The summed E-state index contributed by atoms with van der Waals surface area (Å²) in [7, 11) is 1.69. The minimum Gasteiger partial charge on any atom is -0.367 e. The molecule has 0 aliphatic carbocycles. The van der Waals surface area contributed by atoms with Crippen LogP contribution in [0.25, 0.3) is 0 Å². The van der Waals surface area contributed by atoms with Crippen molar-refractivity contribution in [2.45, 2.75) is 18.6 Å². The Balaban J connectivity index is 2.75. The van der Waals surface area contributed by atoms with Crippen LogP contribution >= 0.6 is 0 Å². The lowest BCUT2D eigenvalue weighted by atomic mass is 10.1. The van der Waals surface area contributed by atoms with Gasteiger partial charge in [-0.3, -0.25) is 9.69 Å². The van der Waals surface area contributed by atoms with E-state index in [9.17, 15) is 9.90 Å². The van der Waals surface area contributed by atoms with E-state index in [1.807, 2.05) is 0 Å². The molecular formula is C6H12N2O2. The molecule has 0 saturated carbocycles. The Morgan fingerprint density at radius 1 is 1.80 bits per heavy atom. The van der Waals surface area contributed by atoms with Gasteiger partial charge in [0.25, 0.3) is 5.91 Å². The molecule has 1 aliphatic rings. The van der Waals surface area contributed by atoms with E-state index < -0.39 is 11.6 Å². The van der Waals surface area contributed by atoms with Crippen molar-refractivity contribution in [2.24, 2.45) is 5.73 Å². The zero-order valence-electron chi connectivity index (χ0n) is 6.00. The Morgan fingerprint density at radius 2 is 2.40 bits per heavy atom. The molecule has 0 aromatic heterocycles. The second kappa shape index (κ2) is 2.21. The Labute approximate surface area is 59.6 Å². The molecule has 1 atom stereocenters. The summed E-state index contributed by atoms with van der Waals surface area (Å²) in [5.74, 6) is -0.646. The first kappa shape index (κ1) is 7.50. The van der Waals surface area contributed by atoms with Gasteiger partial charge in [-0.15, -0.1) is 0 Å². The molecular weight excluding hydrogens is 132 g/mol. The van der Waals surface area contributed by atoms with E-state index in [1.165, 1.54) is 0 Å². The van der Waals surface area contributed by atoms with Gasteiger partial charge in [-0.05, 0) is 13.5 Å². The molecule has 0 radical (unpaired) electrons. The normalized spacial score (nSPS) is 34.6. The lowest BCUT2D eigenvalue weighted by Gasteiger charge is -2.26. The van der Waals surface area contributed by atoms with Gasteiger partial charge in [0, 0.05) is 13.0 Å². The first-order valence-electron chi connectivity index (χ1n) is 3.31. The summed E-state index contributed by atoms with van der Waals surface area (Å²) in [6.07, 6.45) is 1.29. The maximum absolute atomic E-state index is 10.7. The molecule has 4 heteroatoms. The number of carbonyl (C=O) groups excluding carboxylic acids is 1. The summed E-state index contributed by atoms with van der Waals surface area (Å²) >= 11 is 0. The zero-order valence-corrected chi connectivity index (χ0v) is 6.00. The van der Waals surface area contributed by atoms with Crippen molar-refractivity contribution in [3.05, 3.63) is 0 Å². The number of primary amides is 1. The number of nitrogens with zero attached hydrogens (tertiary/aromatic N) is 1. The summed E-state index contributed by atoms with van der Waals surface area (Å²) in [4.78, 5) is 12.2. The molecule has 0 spiro atoms. The van der Waals surface area contributed by atoms with Crippen LogP contribution in [-0.4, -0.2) is 35.2 Å². The number of carbonyl (C=O) groups is 1. The van der Waals surface area contributed by atoms with E-state index in [2.05, 4.69) is 0 Å². The largest absolute Gasteiger partial charge is 0.367 e. The van der Waals surface area contributed by atoms with Crippen LogP contribution in [0.3, 0.4) is 0 Å². The molecule has 10 heavy (non-hydrogen) atoms. The molecule has 0 aromatic carbocycles. The topological polar surface area (TPSA) is 66.6 Å². The number of rotatable bonds is 1. The fourth-order valence-electron chi connectivity index (χ4n) is 1.25. The molecule has 1 saturated heterocycles. The van der Waals surface area contributed by atoms with Gasteiger partial charge in [0.05, 0.1) is 0 Å². The fraction of sp³-hybridized carbons (Fsp3) is 0.833. The minimum atomic E-state index is -1.38. The summed E-state index contributed by atoms with van der Waals surface area (Å²) in [5.41, 5.74) is 3.62. The van der Waals surface area contributed by atoms with Crippen molar-refractivity contribution < 1.29 is 9.90 Å². The molecule has 1 amide bonds. The average Bonchev–Trinajstić information content (AvgIpc) is 2.15. The van der Waals surface area contributed by atoms with Gasteiger partial charge >= 0.3 is 0 Å². The van der Waals surface area contributed by atoms with E-state index in [0.29, 0.717) is 6.42 Å². The third kappa shape index (κ3) is 0.892. The summed E-state index contributed by atoms with van der Waals surface area (Å²) in [6, 6.07) is 0. The molecule has 0 bridgehead atoms. The molecule has 4 nitrogen and oxygen atoms in total. The highest BCUT2D eigenvalue weighted by Crippen LogP contribution is 2.23. The number of likely N-dealkylation sites (N-methyl/N-ethyl adjacent to an activating group) is 1.